The lowest BCUT2D eigenvalue weighted by atomic mass is 10.1. The Morgan fingerprint density at radius 2 is 1.04 bits per heavy atom. The molecule has 0 radical (unpaired) electrons. The molecule has 3 rings (SSSR count). The van der Waals surface area contributed by atoms with Crippen molar-refractivity contribution in [2.45, 2.75) is 47.1 Å². The summed E-state index contributed by atoms with van der Waals surface area (Å²) in [6, 6.07) is 0. The summed E-state index contributed by atoms with van der Waals surface area (Å²) in [6.07, 6.45) is 0. The lowest BCUT2D eigenvalue weighted by Crippen LogP contribution is -2.74. The van der Waals surface area contributed by atoms with Gasteiger partial charge in [-0.1, -0.05) is 46.1 Å². The monoisotopic (exact) mass is 386 g/mol. The van der Waals surface area contributed by atoms with Crippen molar-refractivity contribution in [1.82, 2.24) is 19.6 Å². The van der Waals surface area contributed by atoms with Gasteiger partial charge in [-0.3, -0.25) is 4.90 Å². The average Bonchev–Trinajstić information content (AvgIpc) is 2.47. The zero-order chi connectivity index (χ0) is 19.5. The van der Waals surface area contributed by atoms with E-state index >= 15 is 0 Å². The van der Waals surface area contributed by atoms with Crippen molar-refractivity contribution in [3.05, 3.63) is 0 Å². The molecule has 3 aliphatic heterocycles. The Hall–Kier alpha value is -0.100. The third kappa shape index (κ3) is 4.84. The highest BCUT2D eigenvalue weighted by Crippen LogP contribution is 2.44. The second-order valence-corrected chi connectivity index (χ2v) is 10.3. The molecule has 0 spiro atoms. The molecule has 7 heteroatoms. The van der Waals surface area contributed by atoms with Crippen LogP contribution in [0.1, 0.15) is 41.5 Å². The molecule has 26 heavy (non-hydrogen) atoms. The van der Waals surface area contributed by atoms with Crippen LogP contribution in [0.5, 0.6) is 0 Å². The Kier molecular flexibility index (Phi) is 8.02. The molecule has 3 aliphatic rings. The standard InChI is InChI=1S/C19H39N4O2P/c1-16(2)13-21-10-7-20-8-11-22(14-17(3)4)19(21,26(24)25)23(12-9-20)15-18(5)6/h16-18H,7-15H2,1-6H3. The molecule has 0 aliphatic carbocycles. The normalized spacial score (nSPS) is 30.1. The molecule has 3 fully saturated rings. The molecular weight excluding hydrogens is 347 g/mol. The van der Waals surface area contributed by atoms with Crippen molar-refractivity contribution in [3.63, 3.8) is 0 Å². The molecule has 0 N–H and O–H groups in total. The molecular formula is C19H39N4O2P. The number of rotatable bonds is 7. The molecule has 0 aromatic heterocycles. The van der Waals surface area contributed by atoms with Gasteiger partial charge in [0.25, 0.3) is 0 Å². The second-order valence-electron chi connectivity index (χ2n) is 9.22. The third-order valence-corrected chi connectivity index (χ3v) is 6.67. The van der Waals surface area contributed by atoms with Gasteiger partial charge in [0.2, 0.25) is 0 Å². The fraction of sp³-hybridized carbons (Fsp3) is 1.00. The van der Waals surface area contributed by atoms with Gasteiger partial charge in [-0.25, -0.2) is 14.7 Å². The molecule has 152 valence electrons. The van der Waals surface area contributed by atoms with E-state index in [1.807, 2.05) is 0 Å². The summed E-state index contributed by atoms with van der Waals surface area (Å²) in [4.78, 5) is 22.3. The lowest BCUT2D eigenvalue weighted by molar-refractivity contribution is -0.219. The maximum atomic E-state index is 13.0. The number of hydrogen-bond donors (Lipinski definition) is 0. The van der Waals surface area contributed by atoms with Gasteiger partial charge in [-0.2, -0.15) is 0 Å². The number of hydrogen-bond acceptors (Lipinski definition) is 6. The van der Waals surface area contributed by atoms with Crippen LogP contribution in [-0.2, 0) is 4.57 Å². The zero-order valence-corrected chi connectivity index (χ0v) is 18.5. The highest BCUT2D eigenvalue weighted by molar-refractivity contribution is 7.38. The number of fused-ring (bicyclic) bond motifs is 6. The molecule has 0 aromatic carbocycles. The van der Waals surface area contributed by atoms with Crippen LogP contribution >= 0.6 is 8.03 Å². The van der Waals surface area contributed by atoms with E-state index in [1.165, 1.54) is 0 Å². The maximum Gasteiger partial charge on any atom is 0.366 e. The predicted molar refractivity (Wildman–Crippen MR) is 106 cm³/mol. The van der Waals surface area contributed by atoms with Crippen LogP contribution in [-0.4, -0.2) is 84.0 Å². The van der Waals surface area contributed by atoms with Crippen LogP contribution in [0.15, 0.2) is 0 Å². The smallest absolute Gasteiger partial charge is 0.366 e. The van der Waals surface area contributed by atoms with Crippen molar-refractivity contribution in [3.8, 4) is 0 Å². The van der Waals surface area contributed by atoms with Gasteiger partial charge in [0.05, 0.1) is 0 Å². The molecule has 1 atom stereocenters. The Labute approximate surface area is 161 Å². The topological polar surface area (TPSA) is 53.1 Å². The summed E-state index contributed by atoms with van der Waals surface area (Å²) in [6.45, 7) is 20.8. The fourth-order valence-electron chi connectivity index (χ4n) is 4.48. The SMILES string of the molecule is CC(C)CN1CCN2CCN(CC(C)C)C1([P+](=O)[O-])N(CC(C)C)CC2. The molecule has 2 bridgehead atoms. The van der Waals surface area contributed by atoms with Crippen LogP contribution in [0.3, 0.4) is 0 Å². The van der Waals surface area contributed by atoms with E-state index in [-0.39, 0.29) is 0 Å². The van der Waals surface area contributed by atoms with E-state index in [1.54, 1.807) is 0 Å². The van der Waals surface area contributed by atoms with E-state index in [0.717, 1.165) is 58.9 Å². The second kappa shape index (κ2) is 9.40. The first-order valence-electron chi connectivity index (χ1n) is 10.3. The average molecular weight is 387 g/mol. The van der Waals surface area contributed by atoms with Crippen LogP contribution < -0.4 is 4.89 Å². The summed E-state index contributed by atoms with van der Waals surface area (Å²) in [5.41, 5.74) is -0.985. The summed E-state index contributed by atoms with van der Waals surface area (Å²) >= 11 is 0. The largest absolute Gasteiger partial charge is 0.592 e. The van der Waals surface area contributed by atoms with E-state index < -0.39 is 13.6 Å². The lowest BCUT2D eigenvalue weighted by Gasteiger charge is -2.54. The fourth-order valence-corrected chi connectivity index (χ4v) is 5.72. The van der Waals surface area contributed by atoms with E-state index in [9.17, 15) is 9.46 Å². The van der Waals surface area contributed by atoms with E-state index in [4.69, 9.17) is 0 Å². The first kappa shape index (κ1) is 22.2. The van der Waals surface area contributed by atoms with Crippen molar-refractivity contribution in [2.75, 3.05) is 58.9 Å². The molecule has 0 aromatic rings. The van der Waals surface area contributed by atoms with Crippen molar-refractivity contribution in [2.24, 2.45) is 17.8 Å². The molecule has 0 saturated carbocycles. The molecule has 6 nitrogen and oxygen atoms in total. The van der Waals surface area contributed by atoms with Gasteiger partial charge in [0.15, 0.2) is 0 Å². The minimum absolute atomic E-state index is 0.429. The van der Waals surface area contributed by atoms with Gasteiger partial charge in [-0.05, 0) is 17.8 Å². The van der Waals surface area contributed by atoms with Crippen LogP contribution in [0, 0.1) is 17.8 Å². The molecule has 0 amide bonds. The van der Waals surface area contributed by atoms with Gasteiger partial charge in [0.1, 0.15) is 0 Å². The van der Waals surface area contributed by atoms with E-state index in [0.29, 0.717) is 17.8 Å². The van der Waals surface area contributed by atoms with Crippen molar-refractivity contribution < 1.29 is 9.46 Å². The van der Waals surface area contributed by atoms with Gasteiger partial charge in [-0.15, -0.1) is 0 Å². The van der Waals surface area contributed by atoms with Crippen LogP contribution in [0.25, 0.3) is 0 Å². The first-order valence-corrected chi connectivity index (χ1v) is 11.5. The summed E-state index contributed by atoms with van der Waals surface area (Å²) in [5.74, 6) is 1.29. The Bertz CT molecular complexity index is 417. The summed E-state index contributed by atoms with van der Waals surface area (Å²) in [7, 11) is -2.66. The summed E-state index contributed by atoms with van der Waals surface area (Å²) in [5, 5.41) is 0. The Morgan fingerprint density at radius 1 is 0.731 bits per heavy atom. The van der Waals surface area contributed by atoms with Crippen molar-refractivity contribution >= 4 is 8.03 Å². The summed E-state index contributed by atoms with van der Waals surface area (Å²) < 4.78 is 13.0. The predicted octanol–water partition coefficient (Wildman–Crippen LogP) is 1.90. The first-order chi connectivity index (χ1) is 12.2. The van der Waals surface area contributed by atoms with Crippen LogP contribution in [0.4, 0.5) is 0 Å². The minimum Gasteiger partial charge on any atom is -0.592 e. The third-order valence-electron chi connectivity index (χ3n) is 5.33. The highest BCUT2D eigenvalue weighted by atomic mass is 31.1. The van der Waals surface area contributed by atoms with Gasteiger partial charge in [0, 0.05) is 58.9 Å². The molecule has 3 saturated heterocycles. The minimum atomic E-state index is -2.66. The highest BCUT2D eigenvalue weighted by Gasteiger charge is 2.60. The Balaban J connectivity index is 2.57. The molecule has 1 unspecified atom stereocenters. The maximum absolute atomic E-state index is 13.0. The van der Waals surface area contributed by atoms with Crippen LogP contribution in [0.2, 0.25) is 0 Å². The van der Waals surface area contributed by atoms with Gasteiger partial charge < -0.3 is 4.89 Å². The quantitative estimate of drug-likeness (QED) is 0.623. The van der Waals surface area contributed by atoms with Crippen molar-refractivity contribution in [1.29, 1.82) is 0 Å². The molecule has 3 heterocycles. The number of nitrogens with zero attached hydrogens (tertiary/aromatic N) is 4. The Morgan fingerprint density at radius 3 is 1.27 bits per heavy atom. The van der Waals surface area contributed by atoms with E-state index in [2.05, 4.69) is 61.1 Å². The van der Waals surface area contributed by atoms with Gasteiger partial charge >= 0.3 is 13.6 Å². The zero-order valence-electron chi connectivity index (χ0n) is 17.6.